The Morgan fingerprint density at radius 2 is 1.95 bits per heavy atom. The maximum atomic E-state index is 11.8. The zero-order valence-corrected chi connectivity index (χ0v) is 13.7. The Hall–Kier alpha value is -1.95. The van der Waals surface area contributed by atoms with E-state index in [0.29, 0.717) is 26.1 Å². The van der Waals surface area contributed by atoms with E-state index in [-0.39, 0.29) is 11.8 Å². The van der Waals surface area contributed by atoms with Crippen LogP contribution in [0.3, 0.4) is 0 Å². The molecule has 0 radical (unpaired) electrons. The van der Waals surface area contributed by atoms with E-state index in [9.17, 15) is 9.59 Å². The van der Waals surface area contributed by atoms with Crippen molar-refractivity contribution >= 4 is 11.8 Å². The first-order valence-electron chi connectivity index (χ1n) is 7.56. The Kier molecular flexibility index (Phi) is 8.14. The van der Waals surface area contributed by atoms with Crippen LogP contribution in [0.2, 0.25) is 0 Å². The highest BCUT2D eigenvalue weighted by Crippen LogP contribution is 1.98. The summed E-state index contributed by atoms with van der Waals surface area (Å²) in [4.78, 5) is 31.4. The molecule has 0 spiro atoms. The topological polar surface area (TPSA) is 65.5 Å². The number of carbonyl (C=O) groups is 2. The van der Waals surface area contributed by atoms with Gasteiger partial charge >= 0.3 is 0 Å². The van der Waals surface area contributed by atoms with Crippen LogP contribution in [-0.2, 0) is 16.1 Å². The van der Waals surface area contributed by atoms with E-state index in [2.05, 4.69) is 15.2 Å². The van der Waals surface area contributed by atoms with E-state index in [1.807, 2.05) is 32.3 Å². The molecule has 22 heavy (non-hydrogen) atoms. The second-order valence-electron chi connectivity index (χ2n) is 5.51. The quantitative estimate of drug-likeness (QED) is 0.736. The number of rotatable bonds is 9. The average molecular weight is 306 g/mol. The highest BCUT2D eigenvalue weighted by atomic mass is 16.2. The molecule has 1 N–H and O–H groups in total. The van der Waals surface area contributed by atoms with Crippen LogP contribution >= 0.6 is 0 Å². The van der Waals surface area contributed by atoms with Crippen LogP contribution in [0.5, 0.6) is 0 Å². The van der Waals surface area contributed by atoms with E-state index in [1.54, 1.807) is 18.0 Å². The van der Waals surface area contributed by atoms with Crippen LogP contribution < -0.4 is 5.32 Å². The summed E-state index contributed by atoms with van der Waals surface area (Å²) in [5.74, 6) is -0.0548. The molecule has 0 aliphatic carbocycles. The number of nitrogens with zero attached hydrogens (tertiary/aromatic N) is 3. The van der Waals surface area contributed by atoms with Crippen LogP contribution in [0, 0.1) is 0 Å². The molecule has 0 saturated heterocycles. The van der Waals surface area contributed by atoms with Crippen molar-refractivity contribution in [3.05, 3.63) is 30.1 Å². The molecule has 6 nitrogen and oxygen atoms in total. The molecule has 0 aliphatic heterocycles. The van der Waals surface area contributed by atoms with Crippen LogP contribution in [0.15, 0.2) is 24.4 Å². The van der Waals surface area contributed by atoms with Crippen molar-refractivity contribution in [2.24, 2.45) is 0 Å². The van der Waals surface area contributed by atoms with Crippen molar-refractivity contribution in [2.45, 2.75) is 26.3 Å². The summed E-state index contributed by atoms with van der Waals surface area (Å²) in [5, 5.41) is 2.82. The summed E-state index contributed by atoms with van der Waals surface area (Å²) < 4.78 is 0. The Bertz CT molecular complexity index is 462. The van der Waals surface area contributed by atoms with Gasteiger partial charge in [-0.15, -0.1) is 0 Å². The lowest BCUT2D eigenvalue weighted by atomic mass is 10.3. The largest absolute Gasteiger partial charge is 0.350 e. The van der Waals surface area contributed by atoms with Gasteiger partial charge in [-0.2, -0.15) is 0 Å². The van der Waals surface area contributed by atoms with Crippen molar-refractivity contribution in [1.29, 1.82) is 0 Å². The molecule has 0 unspecified atom stereocenters. The van der Waals surface area contributed by atoms with E-state index in [0.717, 1.165) is 18.7 Å². The number of carbonyl (C=O) groups excluding carboxylic acids is 2. The summed E-state index contributed by atoms with van der Waals surface area (Å²) in [7, 11) is 4.01. The van der Waals surface area contributed by atoms with Gasteiger partial charge in [-0.1, -0.05) is 6.07 Å². The highest BCUT2D eigenvalue weighted by Gasteiger charge is 2.11. The van der Waals surface area contributed by atoms with Gasteiger partial charge in [0.15, 0.2) is 0 Å². The van der Waals surface area contributed by atoms with Crippen LogP contribution in [0.25, 0.3) is 0 Å². The maximum absolute atomic E-state index is 11.8. The van der Waals surface area contributed by atoms with Crippen molar-refractivity contribution in [3.63, 3.8) is 0 Å². The molecule has 0 aliphatic rings. The molecule has 0 atom stereocenters. The van der Waals surface area contributed by atoms with Gasteiger partial charge in [-0.25, -0.2) is 0 Å². The van der Waals surface area contributed by atoms with Crippen LogP contribution in [-0.4, -0.2) is 60.3 Å². The number of pyridine rings is 1. The minimum atomic E-state index is -0.0653. The first kappa shape index (κ1) is 18.1. The molecule has 1 aromatic heterocycles. The standard InChI is InChI=1S/C16H26N4O2/c1-14(21)20(11-6-10-19(2)3)12-8-16(22)18-13-15-7-4-5-9-17-15/h4-5,7,9H,6,8,10-13H2,1-3H3,(H,18,22). The number of hydrogen-bond donors (Lipinski definition) is 1. The second-order valence-corrected chi connectivity index (χ2v) is 5.51. The lowest BCUT2D eigenvalue weighted by molar-refractivity contribution is -0.129. The zero-order chi connectivity index (χ0) is 16.4. The maximum Gasteiger partial charge on any atom is 0.222 e. The number of aromatic nitrogens is 1. The minimum absolute atomic E-state index is 0.0104. The molecular formula is C16H26N4O2. The summed E-state index contributed by atoms with van der Waals surface area (Å²) in [6.07, 6.45) is 2.92. The Morgan fingerprint density at radius 3 is 2.55 bits per heavy atom. The van der Waals surface area contributed by atoms with Gasteiger partial charge in [0.05, 0.1) is 12.2 Å². The fourth-order valence-corrected chi connectivity index (χ4v) is 2.02. The fourth-order valence-electron chi connectivity index (χ4n) is 2.02. The molecule has 0 bridgehead atoms. The first-order valence-corrected chi connectivity index (χ1v) is 7.56. The van der Waals surface area contributed by atoms with E-state index >= 15 is 0 Å². The molecule has 0 aromatic carbocycles. The van der Waals surface area contributed by atoms with Gasteiger partial charge in [-0.05, 0) is 39.2 Å². The van der Waals surface area contributed by atoms with Crippen molar-refractivity contribution in [3.8, 4) is 0 Å². The van der Waals surface area contributed by atoms with Crippen molar-refractivity contribution in [1.82, 2.24) is 20.1 Å². The highest BCUT2D eigenvalue weighted by molar-refractivity contribution is 5.77. The third kappa shape index (κ3) is 7.73. The zero-order valence-electron chi connectivity index (χ0n) is 13.7. The van der Waals surface area contributed by atoms with Crippen molar-refractivity contribution in [2.75, 3.05) is 33.7 Å². The van der Waals surface area contributed by atoms with E-state index < -0.39 is 0 Å². The lowest BCUT2D eigenvalue weighted by Crippen LogP contribution is -2.35. The molecule has 1 rings (SSSR count). The molecule has 1 aromatic rings. The Morgan fingerprint density at radius 1 is 1.18 bits per heavy atom. The smallest absolute Gasteiger partial charge is 0.222 e. The molecule has 6 heteroatoms. The Balaban J connectivity index is 2.28. The van der Waals surface area contributed by atoms with Gasteiger partial charge < -0.3 is 15.1 Å². The number of amides is 2. The first-order chi connectivity index (χ1) is 10.5. The summed E-state index contributed by atoms with van der Waals surface area (Å²) >= 11 is 0. The van der Waals surface area contributed by atoms with Crippen LogP contribution in [0.1, 0.15) is 25.5 Å². The monoisotopic (exact) mass is 306 g/mol. The molecule has 122 valence electrons. The van der Waals surface area contributed by atoms with Gasteiger partial charge in [-0.3, -0.25) is 14.6 Å². The lowest BCUT2D eigenvalue weighted by Gasteiger charge is -2.21. The van der Waals surface area contributed by atoms with Gasteiger partial charge in [0, 0.05) is 32.6 Å². The predicted molar refractivity (Wildman–Crippen MR) is 86.1 cm³/mol. The second kappa shape index (κ2) is 9.89. The molecule has 0 fully saturated rings. The minimum Gasteiger partial charge on any atom is -0.350 e. The van der Waals surface area contributed by atoms with Gasteiger partial charge in [0.2, 0.25) is 11.8 Å². The number of hydrogen-bond acceptors (Lipinski definition) is 4. The fraction of sp³-hybridized carbons (Fsp3) is 0.562. The summed E-state index contributed by atoms with van der Waals surface area (Å²) in [5.41, 5.74) is 0.824. The van der Waals surface area contributed by atoms with Gasteiger partial charge in [0.25, 0.3) is 0 Å². The average Bonchev–Trinajstić information content (AvgIpc) is 2.49. The molecule has 0 saturated carbocycles. The molecular weight excluding hydrogens is 280 g/mol. The SMILES string of the molecule is CC(=O)N(CCCN(C)C)CCC(=O)NCc1ccccn1. The van der Waals surface area contributed by atoms with Gasteiger partial charge in [0.1, 0.15) is 0 Å². The summed E-state index contributed by atoms with van der Waals surface area (Å²) in [6.45, 7) is 4.02. The number of nitrogens with one attached hydrogen (secondary N) is 1. The van der Waals surface area contributed by atoms with E-state index in [4.69, 9.17) is 0 Å². The third-order valence-electron chi connectivity index (χ3n) is 3.28. The molecule has 1 heterocycles. The van der Waals surface area contributed by atoms with Crippen molar-refractivity contribution < 1.29 is 9.59 Å². The normalized spacial score (nSPS) is 10.5. The summed E-state index contributed by atoms with van der Waals surface area (Å²) in [6, 6.07) is 5.59. The third-order valence-corrected chi connectivity index (χ3v) is 3.28. The van der Waals surface area contributed by atoms with E-state index in [1.165, 1.54) is 0 Å². The molecule has 2 amide bonds. The van der Waals surface area contributed by atoms with Crippen LogP contribution in [0.4, 0.5) is 0 Å². The predicted octanol–water partition coefficient (Wildman–Crippen LogP) is 0.888. The Labute approximate surface area is 132 Å².